The van der Waals surface area contributed by atoms with Gasteiger partial charge in [0.2, 0.25) is 0 Å². The topological polar surface area (TPSA) is 68.2 Å². The highest BCUT2D eigenvalue weighted by molar-refractivity contribution is 5.99. The molecule has 1 amide bonds. The molecule has 1 heterocycles. The lowest BCUT2D eigenvalue weighted by molar-refractivity contribution is -0.191. The molecule has 0 saturated heterocycles. The summed E-state index contributed by atoms with van der Waals surface area (Å²) in [5.74, 6) is -0.0568. The fourth-order valence-corrected chi connectivity index (χ4v) is 5.60. The zero-order valence-corrected chi connectivity index (χ0v) is 23.9. The molecule has 5 aromatic carbocycles. The van der Waals surface area contributed by atoms with Crippen LogP contribution in [-0.2, 0) is 16.1 Å². The molecule has 42 heavy (non-hydrogen) atoms. The van der Waals surface area contributed by atoms with Gasteiger partial charge in [0.1, 0.15) is 0 Å². The predicted octanol–water partition coefficient (Wildman–Crippen LogP) is 8.03. The molecule has 0 spiro atoms. The van der Waals surface area contributed by atoms with Crippen molar-refractivity contribution in [2.24, 2.45) is 0 Å². The van der Waals surface area contributed by atoms with Crippen molar-refractivity contribution in [2.75, 3.05) is 0 Å². The first kappa shape index (κ1) is 28.3. The van der Waals surface area contributed by atoms with Crippen molar-refractivity contribution < 1.29 is 14.4 Å². The van der Waals surface area contributed by atoms with Gasteiger partial charge in [0, 0.05) is 28.7 Å². The van der Waals surface area contributed by atoms with E-state index in [0.717, 1.165) is 23.0 Å². The predicted molar refractivity (Wildman–Crippen MR) is 167 cm³/mol. The minimum absolute atomic E-state index is 0.0568. The van der Waals surface area contributed by atoms with Crippen LogP contribution in [0.15, 0.2) is 115 Å². The first-order valence-electron chi connectivity index (χ1n) is 13.9. The smallest absolute Gasteiger partial charge is 0.345 e. The van der Waals surface area contributed by atoms with Gasteiger partial charge in [-0.3, -0.25) is 4.79 Å². The summed E-state index contributed by atoms with van der Waals surface area (Å²) in [5.41, 5.74) is 9.08. The Morgan fingerprint density at radius 2 is 1.40 bits per heavy atom. The number of fused-ring (bicyclic) bond motifs is 2. The Balaban J connectivity index is 0.00000113. The molecule has 0 aliphatic carbocycles. The van der Waals surface area contributed by atoms with Crippen LogP contribution in [0.3, 0.4) is 0 Å². The van der Waals surface area contributed by atoms with Gasteiger partial charge in [0.05, 0.1) is 6.04 Å². The SMILES string of the molecule is Cc1c(C)n(Cc2ccc(-c3ccccc3)cc2)c2ccc(C(=O)N[C@@H](C)c3cccc4ccccc34)cc12.O=C=O. The molecule has 5 nitrogen and oxygen atoms in total. The molecule has 1 N–H and O–H groups in total. The Labute approximate surface area is 245 Å². The van der Waals surface area contributed by atoms with E-state index in [2.05, 4.69) is 109 Å². The number of hydrogen-bond donors (Lipinski definition) is 1. The molecule has 1 atom stereocenters. The van der Waals surface area contributed by atoms with E-state index in [1.807, 2.05) is 37.3 Å². The average molecular weight is 553 g/mol. The molecule has 0 aliphatic heterocycles. The van der Waals surface area contributed by atoms with Crippen LogP contribution < -0.4 is 5.32 Å². The summed E-state index contributed by atoms with van der Waals surface area (Å²) in [4.78, 5) is 29.6. The first-order valence-corrected chi connectivity index (χ1v) is 13.9. The lowest BCUT2D eigenvalue weighted by atomic mass is 9.99. The van der Waals surface area contributed by atoms with Gasteiger partial charge in [-0.2, -0.15) is 9.59 Å². The van der Waals surface area contributed by atoms with Gasteiger partial charge in [0.15, 0.2) is 0 Å². The molecule has 0 radical (unpaired) electrons. The van der Waals surface area contributed by atoms with Gasteiger partial charge in [-0.05, 0) is 77.6 Å². The maximum Gasteiger partial charge on any atom is 0.373 e. The van der Waals surface area contributed by atoms with E-state index in [0.29, 0.717) is 5.56 Å². The highest BCUT2D eigenvalue weighted by Gasteiger charge is 2.17. The molecule has 0 bridgehead atoms. The van der Waals surface area contributed by atoms with E-state index in [4.69, 9.17) is 9.59 Å². The number of hydrogen-bond acceptors (Lipinski definition) is 3. The van der Waals surface area contributed by atoms with E-state index in [-0.39, 0.29) is 18.1 Å². The maximum atomic E-state index is 13.3. The monoisotopic (exact) mass is 552 g/mol. The van der Waals surface area contributed by atoms with Crippen molar-refractivity contribution in [3.63, 3.8) is 0 Å². The Hall–Kier alpha value is -5.25. The fraction of sp³-hybridized carbons (Fsp3) is 0.135. The summed E-state index contributed by atoms with van der Waals surface area (Å²) in [6.07, 6.45) is 0.250. The molecule has 0 fully saturated rings. The Morgan fingerprint density at radius 3 is 2.14 bits per heavy atom. The molecule has 1 aromatic heterocycles. The third kappa shape index (κ3) is 5.78. The number of amides is 1. The number of benzene rings is 5. The number of nitrogens with zero attached hydrogens (tertiary/aromatic N) is 1. The quantitative estimate of drug-likeness (QED) is 0.227. The Bertz CT molecular complexity index is 1890. The van der Waals surface area contributed by atoms with E-state index < -0.39 is 0 Å². The minimum atomic E-state index is -0.106. The number of nitrogens with one attached hydrogen (secondary N) is 1. The number of carbonyl (C=O) groups excluding carboxylic acids is 3. The molecular formula is C37H32N2O3. The minimum Gasteiger partial charge on any atom is -0.345 e. The van der Waals surface area contributed by atoms with E-state index in [9.17, 15) is 4.79 Å². The van der Waals surface area contributed by atoms with Crippen LogP contribution in [0, 0.1) is 13.8 Å². The molecule has 208 valence electrons. The molecule has 5 heteroatoms. The van der Waals surface area contributed by atoms with Crippen molar-refractivity contribution in [3.05, 3.63) is 143 Å². The van der Waals surface area contributed by atoms with Gasteiger partial charge in [-0.25, -0.2) is 0 Å². The molecule has 6 aromatic rings. The summed E-state index contributed by atoms with van der Waals surface area (Å²) in [7, 11) is 0. The van der Waals surface area contributed by atoms with Crippen molar-refractivity contribution >= 4 is 33.7 Å². The Morgan fingerprint density at radius 1 is 0.762 bits per heavy atom. The largest absolute Gasteiger partial charge is 0.373 e. The molecular weight excluding hydrogens is 520 g/mol. The van der Waals surface area contributed by atoms with Gasteiger partial charge in [-0.15, -0.1) is 0 Å². The molecule has 0 unspecified atom stereocenters. The summed E-state index contributed by atoms with van der Waals surface area (Å²) < 4.78 is 2.35. The molecule has 0 saturated carbocycles. The fourth-order valence-electron chi connectivity index (χ4n) is 5.60. The Kier molecular flexibility index (Phi) is 8.42. The van der Waals surface area contributed by atoms with Crippen LogP contribution >= 0.6 is 0 Å². The maximum absolute atomic E-state index is 13.3. The van der Waals surface area contributed by atoms with Crippen LogP contribution in [0.25, 0.3) is 32.8 Å². The third-order valence-electron chi connectivity index (χ3n) is 7.94. The first-order chi connectivity index (χ1) is 20.4. The summed E-state index contributed by atoms with van der Waals surface area (Å²) >= 11 is 0. The van der Waals surface area contributed by atoms with Crippen LogP contribution in [0.5, 0.6) is 0 Å². The zero-order chi connectivity index (χ0) is 29.6. The highest BCUT2D eigenvalue weighted by Crippen LogP contribution is 2.29. The summed E-state index contributed by atoms with van der Waals surface area (Å²) in [5, 5.41) is 6.70. The van der Waals surface area contributed by atoms with Crippen molar-refractivity contribution in [3.8, 4) is 11.1 Å². The van der Waals surface area contributed by atoms with E-state index >= 15 is 0 Å². The van der Waals surface area contributed by atoms with Gasteiger partial charge < -0.3 is 9.88 Å². The standard InChI is InChI=1S/C36H32N2O.CO2/c1-24-26(3)38(23-27-16-18-29(19-17-27)28-10-5-4-6-11-28)35-21-20-31(22-34(24)35)36(39)37-25(2)32-15-9-13-30-12-7-8-14-33(30)32;2-1-3/h4-22,25H,23H2,1-3H3,(H,37,39);/t25-;/m0./s1. The number of carbonyl (C=O) groups is 1. The van der Waals surface area contributed by atoms with Crippen LogP contribution in [0.1, 0.15) is 45.7 Å². The second-order valence-electron chi connectivity index (χ2n) is 10.4. The lowest BCUT2D eigenvalue weighted by Crippen LogP contribution is -2.26. The number of aryl methyl sites for hydroxylation is 1. The van der Waals surface area contributed by atoms with Crippen LogP contribution in [0.4, 0.5) is 0 Å². The lowest BCUT2D eigenvalue weighted by Gasteiger charge is -2.17. The number of aromatic nitrogens is 1. The number of rotatable bonds is 6. The second kappa shape index (κ2) is 12.5. The normalized spacial score (nSPS) is 11.4. The van der Waals surface area contributed by atoms with Gasteiger partial charge >= 0.3 is 6.15 Å². The second-order valence-corrected chi connectivity index (χ2v) is 10.4. The van der Waals surface area contributed by atoms with Crippen LogP contribution in [0.2, 0.25) is 0 Å². The summed E-state index contributed by atoms with van der Waals surface area (Å²) in [6.45, 7) is 7.14. The van der Waals surface area contributed by atoms with Crippen LogP contribution in [-0.4, -0.2) is 16.6 Å². The van der Waals surface area contributed by atoms with Crippen molar-refractivity contribution in [1.29, 1.82) is 0 Å². The van der Waals surface area contributed by atoms with Crippen molar-refractivity contribution in [2.45, 2.75) is 33.4 Å². The molecule has 6 rings (SSSR count). The summed E-state index contributed by atoms with van der Waals surface area (Å²) in [6, 6.07) is 39.8. The van der Waals surface area contributed by atoms with Gasteiger partial charge in [-0.1, -0.05) is 97.1 Å². The average Bonchev–Trinajstić information content (AvgIpc) is 3.26. The van der Waals surface area contributed by atoms with Gasteiger partial charge in [0.25, 0.3) is 5.91 Å². The molecule has 0 aliphatic rings. The van der Waals surface area contributed by atoms with Crippen molar-refractivity contribution in [1.82, 2.24) is 9.88 Å². The highest BCUT2D eigenvalue weighted by atomic mass is 16.2. The third-order valence-corrected chi connectivity index (χ3v) is 7.94. The van der Waals surface area contributed by atoms with E-state index in [1.165, 1.54) is 38.7 Å². The van der Waals surface area contributed by atoms with E-state index in [1.54, 1.807) is 0 Å². The zero-order valence-electron chi connectivity index (χ0n) is 23.9.